The molecule has 1 saturated heterocycles. The van der Waals surface area contributed by atoms with Crippen LogP contribution < -0.4 is 4.74 Å². The van der Waals surface area contributed by atoms with Crippen LogP contribution in [0.4, 0.5) is 0 Å². The molecule has 1 fully saturated rings. The number of aryl methyl sites for hydroxylation is 2. The summed E-state index contributed by atoms with van der Waals surface area (Å²) < 4.78 is 10.4. The molecule has 0 saturated carbocycles. The lowest BCUT2D eigenvalue weighted by Gasteiger charge is -2.31. The van der Waals surface area contributed by atoms with E-state index in [9.17, 15) is 0 Å². The molecule has 3 aromatic heterocycles. The fourth-order valence-electron chi connectivity index (χ4n) is 3.90. The molecule has 7 heteroatoms. The number of pyridine rings is 1. The first-order valence-corrected chi connectivity index (χ1v) is 10.8. The second-order valence-corrected chi connectivity index (χ2v) is 8.28. The summed E-state index contributed by atoms with van der Waals surface area (Å²) in [5.41, 5.74) is 2.22. The summed E-state index contributed by atoms with van der Waals surface area (Å²) in [7, 11) is 0. The lowest BCUT2D eigenvalue weighted by atomic mass is 9.96. The molecule has 1 aliphatic heterocycles. The van der Waals surface area contributed by atoms with Gasteiger partial charge >= 0.3 is 0 Å². The molecule has 0 radical (unpaired) electrons. The molecule has 0 aromatic carbocycles. The molecule has 4 heterocycles. The van der Waals surface area contributed by atoms with Gasteiger partial charge in [-0.1, -0.05) is 0 Å². The normalized spacial score (nSPS) is 15.9. The van der Waals surface area contributed by atoms with Crippen LogP contribution in [0.5, 0.6) is 5.88 Å². The van der Waals surface area contributed by atoms with Crippen molar-refractivity contribution in [2.45, 2.75) is 45.4 Å². The number of ether oxygens (including phenoxy) is 1. The van der Waals surface area contributed by atoms with E-state index in [0.717, 1.165) is 72.9 Å². The minimum atomic E-state index is 0.513. The smallest absolute Gasteiger partial charge is 0.235 e. The van der Waals surface area contributed by atoms with Gasteiger partial charge in [0.15, 0.2) is 0 Å². The van der Waals surface area contributed by atoms with Crippen LogP contribution in [-0.4, -0.2) is 50.5 Å². The summed E-state index contributed by atoms with van der Waals surface area (Å²) >= 11 is 1.42. The maximum absolute atomic E-state index is 5.97. The topological polar surface area (TPSA) is 64.0 Å². The van der Waals surface area contributed by atoms with E-state index >= 15 is 0 Å². The number of piperidine rings is 1. The molecular weight excluding hydrogens is 370 g/mol. The quantitative estimate of drug-likeness (QED) is 0.559. The minimum Gasteiger partial charge on any atom is -0.477 e. The maximum Gasteiger partial charge on any atom is 0.235 e. The van der Waals surface area contributed by atoms with Crippen LogP contribution in [-0.2, 0) is 0 Å². The van der Waals surface area contributed by atoms with Crippen LogP contribution in [0.3, 0.4) is 0 Å². The maximum atomic E-state index is 5.97. The molecule has 28 heavy (non-hydrogen) atoms. The molecule has 6 nitrogen and oxygen atoms in total. The van der Waals surface area contributed by atoms with Crippen LogP contribution in [0.15, 0.2) is 24.5 Å². The van der Waals surface area contributed by atoms with E-state index in [4.69, 9.17) is 4.74 Å². The van der Waals surface area contributed by atoms with Gasteiger partial charge in [-0.2, -0.15) is 4.37 Å². The molecular formula is C21H27N5OS. The summed E-state index contributed by atoms with van der Waals surface area (Å²) in [5, 5.41) is 1.07. The minimum absolute atomic E-state index is 0.513. The van der Waals surface area contributed by atoms with Crippen LogP contribution in [0.1, 0.15) is 48.7 Å². The number of rotatable bonds is 7. The largest absolute Gasteiger partial charge is 0.477 e. The molecule has 0 N–H and O–H groups in total. The van der Waals surface area contributed by atoms with E-state index in [1.54, 1.807) is 0 Å². The first kappa shape index (κ1) is 19.2. The molecule has 1 aliphatic rings. The second-order valence-electron chi connectivity index (χ2n) is 7.53. The zero-order chi connectivity index (χ0) is 19.3. The third-order valence-electron chi connectivity index (χ3n) is 5.39. The molecule has 4 rings (SSSR count). The number of hydrogen-bond acceptors (Lipinski definition) is 7. The first-order chi connectivity index (χ1) is 13.7. The van der Waals surface area contributed by atoms with E-state index in [1.807, 2.05) is 25.4 Å². The third-order valence-corrected chi connectivity index (χ3v) is 6.11. The van der Waals surface area contributed by atoms with Gasteiger partial charge in [-0.3, -0.25) is 0 Å². The predicted octanol–water partition coefficient (Wildman–Crippen LogP) is 4.14. The van der Waals surface area contributed by atoms with E-state index in [1.165, 1.54) is 17.1 Å². The first-order valence-electron chi connectivity index (χ1n) is 10.1. The highest BCUT2D eigenvalue weighted by Gasteiger charge is 2.22. The van der Waals surface area contributed by atoms with Crippen molar-refractivity contribution in [3.8, 4) is 5.88 Å². The van der Waals surface area contributed by atoms with Crippen molar-refractivity contribution in [3.05, 3.63) is 41.6 Å². The molecule has 148 valence electrons. The van der Waals surface area contributed by atoms with Gasteiger partial charge < -0.3 is 9.64 Å². The monoisotopic (exact) mass is 397 g/mol. The molecule has 0 amide bonds. The predicted molar refractivity (Wildman–Crippen MR) is 112 cm³/mol. The highest BCUT2D eigenvalue weighted by atomic mass is 32.1. The van der Waals surface area contributed by atoms with E-state index in [0.29, 0.717) is 12.5 Å². The molecule has 0 aliphatic carbocycles. The Labute approximate surface area is 170 Å². The van der Waals surface area contributed by atoms with Gasteiger partial charge in [-0.05, 0) is 88.4 Å². The number of nitrogens with zero attached hydrogens (tertiary/aromatic N) is 5. The van der Waals surface area contributed by atoms with Crippen molar-refractivity contribution in [1.29, 1.82) is 0 Å². The van der Waals surface area contributed by atoms with Gasteiger partial charge in [-0.25, -0.2) is 15.0 Å². The Bertz CT molecular complexity index is 906. The summed E-state index contributed by atoms with van der Waals surface area (Å²) in [5.74, 6) is 2.26. The number of aromatic nitrogens is 4. The van der Waals surface area contributed by atoms with Crippen molar-refractivity contribution in [2.24, 2.45) is 0 Å². The van der Waals surface area contributed by atoms with Crippen molar-refractivity contribution in [3.63, 3.8) is 0 Å². The van der Waals surface area contributed by atoms with Crippen molar-refractivity contribution >= 4 is 21.7 Å². The van der Waals surface area contributed by atoms with Gasteiger partial charge in [0.1, 0.15) is 10.7 Å². The average molecular weight is 398 g/mol. The molecule has 0 bridgehead atoms. The van der Waals surface area contributed by atoms with Crippen molar-refractivity contribution < 1.29 is 4.74 Å². The Hall–Kier alpha value is -2.12. The van der Waals surface area contributed by atoms with Crippen LogP contribution in [0, 0.1) is 13.8 Å². The lowest BCUT2D eigenvalue weighted by Crippen LogP contribution is -2.34. The van der Waals surface area contributed by atoms with Gasteiger partial charge in [0, 0.05) is 24.0 Å². The molecule has 3 aromatic rings. The summed E-state index contributed by atoms with van der Waals surface area (Å²) in [6.07, 6.45) is 8.18. The van der Waals surface area contributed by atoms with Crippen LogP contribution in [0.25, 0.3) is 10.2 Å². The molecule has 0 spiro atoms. The fourth-order valence-corrected chi connectivity index (χ4v) is 4.74. The Morgan fingerprint density at radius 3 is 2.71 bits per heavy atom. The SMILES string of the molecule is Cc1cc(C)c2c(OCCCCN3CCC(c4ncccn4)CC3)nsc2n1. The Morgan fingerprint density at radius 2 is 1.93 bits per heavy atom. The zero-order valence-corrected chi connectivity index (χ0v) is 17.4. The molecule has 0 unspecified atom stereocenters. The average Bonchev–Trinajstić information content (AvgIpc) is 3.12. The van der Waals surface area contributed by atoms with Gasteiger partial charge in [-0.15, -0.1) is 0 Å². The Morgan fingerprint density at radius 1 is 1.14 bits per heavy atom. The summed E-state index contributed by atoms with van der Waals surface area (Å²) in [6.45, 7) is 8.21. The Kier molecular flexibility index (Phi) is 6.12. The lowest BCUT2D eigenvalue weighted by molar-refractivity contribution is 0.199. The summed E-state index contributed by atoms with van der Waals surface area (Å²) in [6, 6.07) is 3.97. The summed E-state index contributed by atoms with van der Waals surface area (Å²) in [4.78, 5) is 16.9. The number of unbranched alkanes of at least 4 members (excludes halogenated alkanes) is 1. The Balaban J connectivity index is 1.18. The van der Waals surface area contributed by atoms with Crippen molar-refractivity contribution in [1.82, 2.24) is 24.2 Å². The van der Waals surface area contributed by atoms with Crippen LogP contribution >= 0.6 is 11.5 Å². The highest BCUT2D eigenvalue weighted by molar-refractivity contribution is 7.13. The number of fused-ring (bicyclic) bond motifs is 1. The van der Waals surface area contributed by atoms with E-state index in [-0.39, 0.29) is 0 Å². The molecule has 0 atom stereocenters. The zero-order valence-electron chi connectivity index (χ0n) is 16.6. The van der Waals surface area contributed by atoms with E-state index < -0.39 is 0 Å². The van der Waals surface area contributed by atoms with Crippen LogP contribution in [0.2, 0.25) is 0 Å². The van der Waals surface area contributed by atoms with Gasteiger partial charge in [0.2, 0.25) is 5.88 Å². The standard InChI is InChI=1S/C21H27N5OS/c1-15-14-16(2)24-21-18(15)20(25-28-21)27-13-4-3-10-26-11-6-17(7-12-26)19-22-8-5-9-23-19/h5,8-9,14,17H,3-4,6-7,10-13H2,1-2H3. The van der Waals surface area contributed by atoms with Crippen molar-refractivity contribution in [2.75, 3.05) is 26.2 Å². The van der Waals surface area contributed by atoms with E-state index in [2.05, 4.69) is 37.2 Å². The third kappa shape index (κ3) is 4.47. The second kappa shape index (κ2) is 8.92. The number of likely N-dealkylation sites (tertiary alicyclic amines) is 1. The highest BCUT2D eigenvalue weighted by Crippen LogP contribution is 2.30. The van der Waals surface area contributed by atoms with Gasteiger partial charge in [0.25, 0.3) is 0 Å². The van der Waals surface area contributed by atoms with Gasteiger partial charge in [0.05, 0.1) is 12.0 Å². The number of hydrogen-bond donors (Lipinski definition) is 0. The fraction of sp³-hybridized carbons (Fsp3) is 0.524.